The first-order valence-corrected chi connectivity index (χ1v) is 7.16. The molecule has 1 amide bonds. The summed E-state index contributed by atoms with van der Waals surface area (Å²) in [5.41, 5.74) is -0.147. The van der Waals surface area contributed by atoms with Crippen LogP contribution in [0, 0.1) is 10.1 Å². The van der Waals surface area contributed by atoms with Crippen molar-refractivity contribution >= 4 is 39.0 Å². The lowest BCUT2D eigenvalue weighted by atomic mass is 10.2. The van der Waals surface area contributed by atoms with Crippen molar-refractivity contribution in [2.45, 2.75) is 6.18 Å². The minimum Gasteiger partial charge on any atom is -0.451 e. The number of carbonyl (C=O) groups is 2. The number of esters is 1. The first-order chi connectivity index (χ1) is 11.2. The van der Waals surface area contributed by atoms with Crippen LogP contribution in [0.2, 0.25) is 0 Å². The van der Waals surface area contributed by atoms with Crippen LogP contribution in [0.15, 0.2) is 24.3 Å². The monoisotopic (exact) mass is 362 g/mol. The Hall–Kier alpha value is -2.69. The second-order valence-electron chi connectivity index (χ2n) is 4.56. The van der Waals surface area contributed by atoms with E-state index in [2.05, 4.69) is 4.74 Å². The Kier molecular flexibility index (Phi) is 5.02. The van der Waals surface area contributed by atoms with Gasteiger partial charge in [-0.25, -0.2) is 4.79 Å². The lowest BCUT2D eigenvalue weighted by molar-refractivity contribution is -0.384. The number of hydrogen-bond acceptors (Lipinski definition) is 6. The van der Waals surface area contributed by atoms with Gasteiger partial charge >= 0.3 is 12.1 Å². The Labute approximate surface area is 136 Å². The number of halogens is 3. The van der Waals surface area contributed by atoms with Crippen molar-refractivity contribution in [3.63, 3.8) is 0 Å². The summed E-state index contributed by atoms with van der Waals surface area (Å²) in [6.07, 6.45) is -4.56. The van der Waals surface area contributed by atoms with Crippen molar-refractivity contribution < 1.29 is 32.4 Å². The molecule has 0 unspecified atom stereocenters. The van der Waals surface area contributed by atoms with Gasteiger partial charge in [0.05, 0.1) is 4.92 Å². The summed E-state index contributed by atoms with van der Waals surface area (Å²) in [7, 11) is 0. The molecule has 1 heterocycles. The molecule has 0 spiro atoms. The minimum atomic E-state index is -4.56. The van der Waals surface area contributed by atoms with Crippen LogP contribution in [0.25, 0.3) is 10.1 Å². The number of non-ortho nitro benzene ring substituents is 1. The van der Waals surface area contributed by atoms with E-state index in [9.17, 15) is 32.9 Å². The van der Waals surface area contributed by atoms with E-state index in [1.807, 2.05) is 0 Å². The summed E-state index contributed by atoms with van der Waals surface area (Å²) >= 11 is 0.986. The fraction of sp³-hybridized carbons (Fsp3) is 0.231. The highest BCUT2D eigenvalue weighted by Gasteiger charge is 2.27. The molecule has 2 aromatic rings. The second-order valence-corrected chi connectivity index (χ2v) is 5.64. The van der Waals surface area contributed by atoms with Crippen molar-refractivity contribution in [2.24, 2.45) is 0 Å². The predicted octanol–water partition coefficient (Wildman–Crippen LogP) is 2.64. The first-order valence-electron chi connectivity index (χ1n) is 6.34. The smallest absolute Gasteiger partial charge is 0.405 e. The number of thiophene rings is 1. The molecule has 1 N–H and O–H groups in total. The standard InChI is InChI=1S/C13H9F3N2O5S/c14-13(15,16)6-17-11(19)5-23-12(20)10-4-7-3-8(18(21)22)1-2-9(7)24-10/h1-4H,5-6H2,(H,17,19). The lowest BCUT2D eigenvalue weighted by Crippen LogP contribution is -2.36. The molecule has 0 aliphatic rings. The third kappa shape index (κ3) is 4.65. The zero-order chi connectivity index (χ0) is 17.9. The molecule has 1 aromatic carbocycles. The van der Waals surface area contributed by atoms with Crippen LogP contribution in [0.4, 0.5) is 18.9 Å². The molecule has 0 atom stereocenters. The zero-order valence-corrected chi connectivity index (χ0v) is 12.6. The maximum atomic E-state index is 11.9. The summed E-state index contributed by atoms with van der Waals surface area (Å²) in [5, 5.41) is 12.7. The summed E-state index contributed by atoms with van der Waals surface area (Å²) in [5.74, 6) is -1.99. The third-order valence-corrected chi connectivity index (χ3v) is 3.83. The Morgan fingerprint density at radius 2 is 2.00 bits per heavy atom. The van der Waals surface area contributed by atoms with Gasteiger partial charge < -0.3 is 10.1 Å². The quantitative estimate of drug-likeness (QED) is 0.501. The number of carbonyl (C=O) groups excluding carboxylic acids is 2. The van der Waals surface area contributed by atoms with Crippen molar-refractivity contribution in [3.8, 4) is 0 Å². The maximum absolute atomic E-state index is 11.9. The van der Waals surface area contributed by atoms with Crippen LogP contribution >= 0.6 is 11.3 Å². The van der Waals surface area contributed by atoms with E-state index in [1.54, 1.807) is 5.32 Å². The molecular weight excluding hydrogens is 353 g/mol. The summed E-state index contributed by atoms with van der Waals surface area (Å²) < 4.78 is 41.0. The molecule has 24 heavy (non-hydrogen) atoms. The maximum Gasteiger partial charge on any atom is 0.405 e. The van der Waals surface area contributed by atoms with Gasteiger partial charge in [0.2, 0.25) is 0 Å². The van der Waals surface area contributed by atoms with Crippen LogP contribution in [-0.4, -0.2) is 36.1 Å². The minimum absolute atomic E-state index is 0.0779. The van der Waals surface area contributed by atoms with Crippen LogP contribution in [0.1, 0.15) is 9.67 Å². The number of nitrogens with one attached hydrogen (secondary N) is 1. The van der Waals surface area contributed by atoms with Crippen molar-refractivity contribution in [1.82, 2.24) is 5.32 Å². The van der Waals surface area contributed by atoms with Gasteiger partial charge in [0.1, 0.15) is 11.4 Å². The largest absolute Gasteiger partial charge is 0.451 e. The second kappa shape index (κ2) is 6.83. The molecule has 0 aliphatic carbocycles. The van der Waals surface area contributed by atoms with Crippen LogP contribution < -0.4 is 5.32 Å². The summed E-state index contributed by atoms with van der Waals surface area (Å²) in [4.78, 5) is 33.1. The summed E-state index contributed by atoms with van der Waals surface area (Å²) in [6.45, 7) is -2.38. The number of ether oxygens (including phenoxy) is 1. The van der Waals surface area contributed by atoms with Crippen LogP contribution in [-0.2, 0) is 9.53 Å². The van der Waals surface area contributed by atoms with E-state index in [0.717, 1.165) is 11.3 Å². The number of rotatable bonds is 5. The highest BCUT2D eigenvalue weighted by Crippen LogP contribution is 2.29. The Balaban J connectivity index is 1.98. The number of nitro benzene ring substituents is 1. The van der Waals surface area contributed by atoms with Gasteiger partial charge in [-0.2, -0.15) is 13.2 Å². The fourth-order valence-corrected chi connectivity index (χ4v) is 2.63. The average Bonchev–Trinajstić information content (AvgIpc) is 2.92. The van der Waals surface area contributed by atoms with Crippen LogP contribution in [0.3, 0.4) is 0 Å². The van der Waals surface area contributed by atoms with Gasteiger partial charge in [0, 0.05) is 22.2 Å². The first kappa shape index (κ1) is 17.7. The van der Waals surface area contributed by atoms with Crippen molar-refractivity contribution in [3.05, 3.63) is 39.3 Å². The molecule has 0 saturated carbocycles. The van der Waals surface area contributed by atoms with E-state index >= 15 is 0 Å². The number of nitrogens with zero attached hydrogens (tertiary/aromatic N) is 1. The van der Waals surface area contributed by atoms with E-state index in [4.69, 9.17) is 0 Å². The number of fused-ring (bicyclic) bond motifs is 1. The summed E-state index contributed by atoms with van der Waals surface area (Å²) in [6, 6.07) is 5.37. The molecule has 2 rings (SSSR count). The number of alkyl halides is 3. The number of hydrogen-bond donors (Lipinski definition) is 1. The Bertz CT molecular complexity index is 802. The Morgan fingerprint density at radius 1 is 1.29 bits per heavy atom. The fourth-order valence-electron chi connectivity index (χ4n) is 1.70. The number of benzene rings is 1. The van der Waals surface area contributed by atoms with Gasteiger partial charge in [-0.05, 0) is 12.1 Å². The number of nitro groups is 1. The number of amides is 1. The molecule has 128 valence electrons. The van der Waals surface area contributed by atoms with Gasteiger partial charge in [0.25, 0.3) is 11.6 Å². The van der Waals surface area contributed by atoms with E-state index in [0.29, 0.717) is 10.1 Å². The lowest BCUT2D eigenvalue weighted by Gasteiger charge is -2.08. The van der Waals surface area contributed by atoms with E-state index < -0.39 is 36.1 Å². The van der Waals surface area contributed by atoms with Gasteiger partial charge in [-0.1, -0.05) is 0 Å². The molecule has 0 bridgehead atoms. The van der Waals surface area contributed by atoms with E-state index in [1.165, 1.54) is 24.3 Å². The Morgan fingerprint density at radius 3 is 2.62 bits per heavy atom. The average molecular weight is 362 g/mol. The third-order valence-electron chi connectivity index (χ3n) is 2.73. The molecule has 0 saturated heterocycles. The molecular formula is C13H9F3N2O5S. The molecule has 0 radical (unpaired) electrons. The molecule has 0 aliphatic heterocycles. The normalized spacial score (nSPS) is 11.3. The molecule has 11 heteroatoms. The zero-order valence-electron chi connectivity index (χ0n) is 11.8. The topological polar surface area (TPSA) is 98.5 Å². The molecule has 0 fully saturated rings. The van der Waals surface area contributed by atoms with Crippen molar-refractivity contribution in [2.75, 3.05) is 13.2 Å². The predicted molar refractivity (Wildman–Crippen MR) is 77.8 cm³/mol. The van der Waals surface area contributed by atoms with Gasteiger partial charge in [-0.15, -0.1) is 11.3 Å². The highest BCUT2D eigenvalue weighted by atomic mass is 32.1. The van der Waals surface area contributed by atoms with E-state index in [-0.39, 0.29) is 10.6 Å². The molecule has 7 nitrogen and oxygen atoms in total. The van der Waals surface area contributed by atoms with Crippen LogP contribution in [0.5, 0.6) is 0 Å². The van der Waals surface area contributed by atoms with Crippen molar-refractivity contribution in [1.29, 1.82) is 0 Å². The van der Waals surface area contributed by atoms with Gasteiger partial charge in [0.15, 0.2) is 6.61 Å². The SMILES string of the molecule is O=C(COC(=O)c1cc2cc([N+](=O)[O-])ccc2s1)NCC(F)(F)F. The molecule has 1 aromatic heterocycles. The highest BCUT2D eigenvalue weighted by molar-refractivity contribution is 7.20. The van der Waals surface area contributed by atoms with Gasteiger partial charge in [-0.3, -0.25) is 14.9 Å².